The predicted octanol–water partition coefficient (Wildman–Crippen LogP) is 3.07. The molecule has 1 heterocycles. The lowest BCUT2D eigenvalue weighted by atomic mass is 10.1. The van der Waals surface area contributed by atoms with Gasteiger partial charge in [-0.3, -0.25) is 9.59 Å². The fourth-order valence-electron chi connectivity index (χ4n) is 2.01. The van der Waals surface area contributed by atoms with Crippen LogP contribution >= 0.6 is 39.0 Å². The number of thioether (sulfide) groups is 1. The summed E-state index contributed by atoms with van der Waals surface area (Å²) in [5.74, 6) is 0.320. The minimum absolute atomic E-state index is 0.197. The maximum Gasteiger partial charge on any atom is 0.253 e. The molecule has 2 N–H and O–H groups in total. The van der Waals surface area contributed by atoms with Crippen molar-refractivity contribution in [3.05, 3.63) is 50.9 Å². The summed E-state index contributed by atoms with van der Waals surface area (Å²) in [7, 11) is 0. The van der Waals surface area contributed by atoms with E-state index in [2.05, 4.69) is 31.5 Å². The van der Waals surface area contributed by atoms with E-state index in [1.807, 2.05) is 17.7 Å². The largest absolute Gasteiger partial charge is 0.349 e. The van der Waals surface area contributed by atoms with Gasteiger partial charge in [0.2, 0.25) is 5.91 Å². The second-order valence-corrected chi connectivity index (χ2v) is 7.54. The normalized spacial score (nSPS) is 11.8. The Labute approximate surface area is 157 Å². The van der Waals surface area contributed by atoms with Crippen molar-refractivity contribution in [2.75, 3.05) is 12.0 Å². The molecular weight excluding hydrogens is 410 g/mol. The van der Waals surface area contributed by atoms with Crippen LogP contribution in [0.25, 0.3) is 0 Å². The number of rotatable bonds is 8. The number of carbonyl (C=O) groups is 2. The lowest BCUT2D eigenvalue weighted by Gasteiger charge is -2.18. The summed E-state index contributed by atoms with van der Waals surface area (Å²) >= 11 is 6.48. The summed E-state index contributed by atoms with van der Waals surface area (Å²) in [5, 5.41) is 7.55. The highest BCUT2D eigenvalue weighted by atomic mass is 79.9. The van der Waals surface area contributed by atoms with Gasteiger partial charge in [-0.25, -0.2) is 4.98 Å². The van der Waals surface area contributed by atoms with Crippen LogP contribution in [0.15, 0.2) is 39.6 Å². The smallest absolute Gasteiger partial charge is 0.253 e. The Bertz CT molecular complexity index is 680. The van der Waals surface area contributed by atoms with E-state index >= 15 is 0 Å². The van der Waals surface area contributed by atoms with Gasteiger partial charge in [-0.15, -0.1) is 11.3 Å². The topological polar surface area (TPSA) is 71.1 Å². The number of halogens is 1. The van der Waals surface area contributed by atoms with Crippen molar-refractivity contribution in [3.8, 4) is 0 Å². The average molecular weight is 428 g/mol. The Kier molecular flexibility index (Phi) is 7.74. The molecule has 1 atom stereocenters. The molecular formula is C16H18BrN3O2S2. The second-order valence-electron chi connectivity index (χ2n) is 4.98. The molecule has 8 heteroatoms. The zero-order valence-electron chi connectivity index (χ0n) is 13.1. The van der Waals surface area contributed by atoms with Gasteiger partial charge >= 0.3 is 0 Å². The Morgan fingerprint density at radius 2 is 2.17 bits per heavy atom. The molecule has 0 aliphatic heterocycles. The third-order valence-electron chi connectivity index (χ3n) is 3.28. The molecule has 1 aromatic heterocycles. The highest BCUT2D eigenvalue weighted by Crippen LogP contribution is 2.16. The van der Waals surface area contributed by atoms with Crippen LogP contribution in [-0.4, -0.2) is 34.8 Å². The van der Waals surface area contributed by atoms with E-state index in [4.69, 9.17) is 0 Å². The molecule has 1 aromatic carbocycles. The first-order valence-corrected chi connectivity index (χ1v) is 10.4. The second kappa shape index (κ2) is 9.80. The lowest BCUT2D eigenvalue weighted by molar-refractivity contribution is -0.123. The molecule has 5 nitrogen and oxygen atoms in total. The van der Waals surface area contributed by atoms with Gasteiger partial charge in [-0.2, -0.15) is 11.8 Å². The molecule has 2 amide bonds. The Hall–Kier alpha value is -1.38. The van der Waals surface area contributed by atoms with Crippen LogP contribution in [0.5, 0.6) is 0 Å². The molecule has 0 unspecified atom stereocenters. The van der Waals surface area contributed by atoms with Crippen LogP contribution in [0, 0.1) is 0 Å². The lowest BCUT2D eigenvalue weighted by Crippen LogP contribution is -2.47. The first kappa shape index (κ1) is 19.0. The molecule has 2 aromatic rings. The molecule has 0 saturated heterocycles. The number of carbonyl (C=O) groups excluding carboxylic acids is 2. The van der Waals surface area contributed by atoms with Crippen molar-refractivity contribution >= 4 is 50.8 Å². The van der Waals surface area contributed by atoms with Crippen molar-refractivity contribution in [2.24, 2.45) is 0 Å². The highest BCUT2D eigenvalue weighted by Gasteiger charge is 2.21. The molecule has 0 radical (unpaired) electrons. The minimum Gasteiger partial charge on any atom is -0.349 e. The Morgan fingerprint density at radius 1 is 1.38 bits per heavy atom. The molecule has 0 fully saturated rings. The van der Waals surface area contributed by atoms with Crippen molar-refractivity contribution in [1.29, 1.82) is 0 Å². The first-order valence-electron chi connectivity index (χ1n) is 7.31. The summed E-state index contributed by atoms with van der Waals surface area (Å²) in [4.78, 5) is 29.0. The van der Waals surface area contributed by atoms with Gasteiger partial charge in [0.05, 0.1) is 23.3 Å². The number of amides is 2. The first-order chi connectivity index (χ1) is 11.6. The van der Waals surface area contributed by atoms with Gasteiger partial charge in [0.1, 0.15) is 6.04 Å². The average Bonchev–Trinajstić information content (AvgIpc) is 3.10. The molecule has 2 rings (SSSR count). The standard InChI is InChI=1S/C16H18BrN3O2S2/c1-23-7-6-14(16(22)18-8-11-9-24-10-19-11)20-15(21)12-4-2-3-5-13(12)17/h2-5,9-10,14H,6-8H2,1H3,(H,18,22)(H,20,21)/t14-/m0/s1. The number of hydrogen-bond donors (Lipinski definition) is 2. The summed E-state index contributed by atoms with van der Waals surface area (Å²) in [6, 6.07) is 6.58. The van der Waals surface area contributed by atoms with Crippen molar-refractivity contribution in [2.45, 2.75) is 19.0 Å². The molecule has 0 bridgehead atoms. The molecule has 0 spiro atoms. The van der Waals surface area contributed by atoms with Gasteiger partial charge in [0, 0.05) is 9.85 Å². The van der Waals surface area contributed by atoms with Crippen LogP contribution in [0.2, 0.25) is 0 Å². The zero-order chi connectivity index (χ0) is 17.4. The van der Waals surface area contributed by atoms with Crippen LogP contribution in [-0.2, 0) is 11.3 Å². The number of nitrogens with zero attached hydrogens (tertiary/aromatic N) is 1. The van der Waals surface area contributed by atoms with Gasteiger partial charge < -0.3 is 10.6 Å². The minimum atomic E-state index is -0.573. The maximum absolute atomic E-state index is 12.4. The summed E-state index contributed by atoms with van der Waals surface area (Å²) < 4.78 is 0.703. The Morgan fingerprint density at radius 3 is 2.83 bits per heavy atom. The quantitative estimate of drug-likeness (QED) is 0.678. The molecule has 128 valence electrons. The van der Waals surface area contributed by atoms with Crippen LogP contribution in [0.4, 0.5) is 0 Å². The zero-order valence-corrected chi connectivity index (χ0v) is 16.3. The fraction of sp³-hybridized carbons (Fsp3) is 0.312. The number of thiazole rings is 1. The van der Waals surface area contributed by atoms with E-state index < -0.39 is 6.04 Å². The summed E-state index contributed by atoms with van der Waals surface area (Å²) in [6.07, 6.45) is 2.54. The van der Waals surface area contributed by atoms with E-state index in [-0.39, 0.29) is 11.8 Å². The Balaban J connectivity index is 2.00. The molecule has 24 heavy (non-hydrogen) atoms. The van der Waals surface area contributed by atoms with Crippen LogP contribution in [0.1, 0.15) is 22.5 Å². The van der Waals surface area contributed by atoms with Crippen molar-refractivity contribution in [3.63, 3.8) is 0 Å². The van der Waals surface area contributed by atoms with E-state index in [1.54, 1.807) is 35.5 Å². The number of hydrogen-bond acceptors (Lipinski definition) is 5. The highest BCUT2D eigenvalue weighted by molar-refractivity contribution is 9.10. The fourth-order valence-corrected chi connectivity index (χ4v) is 3.51. The predicted molar refractivity (Wildman–Crippen MR) is 102 cm³/mol. The van der Waals surface area contributed by atoms with Gasteiger partial charge in [0.25, 0.3) is 5.91 Å². The molecule has 0 aliphatic carbocycles. The van der Waals surface area contributed by atoms with Gasteiger partial charge in [-0.05, 0) is 46.5 Å². The SMILES string of the molecule is CSCC[C@H](NC(=O)c1ccccc1Br)C(=O)NCc1cscn1. The number of nitrogens with one attached hydrogen (secondary N) is 2. The van der Waals surface area contributed by atoms with Gasteiger partial charge in [-0.1, -0.05) is 12.1 Å². The number of benzene rings is 1. The third-order valence-corrected chi connectivity index (χ3v) is 5.25. The molecule has 0 aliphatic rings. The van der Waals surface area contributed by atoms with Crippen LogP contribution in [0.3, 0.4) is 0 Å². The van der Waals surface area contributed by atoms with Crippen molar-refractivity contribution < 1.29 is 9.59 Å². The van der Waals surface area contributed by atoms with E-state index in [0.717, 1.165) is 11.4 Å². The van der Waals surface area contributed by atoms with E-state index in [1.165, 1.54) is 11.3 Å². The van der Waals surface area contributed by atoms with E-state index in [9.17, 15) is 9.59 Å². The monoisotopic (exact) mass is 427 g/mol. The maximum atomic E-state index is 12.4. The number of aromatic nitrogens is 1. The summed E-state index contributed by atoms with van der Waals surface area (Å²) in [5.41, 5.74) is 3.05. The van der Waals surface area contributed by atoms with Crippen molar-refractivity contribution in [1.82, 2.24) is 15.6 Å². The molecule has 0 saturated carbocycles. The van der Waals surface area contributed by atoms with Gasteiger partial charge in [0.15, 0.2) is 0 Å². The van der Waals surface area contributed by atoms with E-state index in [0.29, 0.717) is 23.0 Å². The third kappa shape index (κ3) is 5.61. The van der Waals surface area contributed by atoms with Crippen LogP contribution < -0.4 is 10.6 Å². The summed E-state index contributed by atoms with van der Waals surface area (Å²) in [6.45, 7) is 0.364.